The molecule has 1 saturated heterocycles. The lowest BCUT2D eigenvalue weighted by molar-refractivity contribution is -0.138. The lowest BCUT2D eigenvalue weighted by atomic mass is 10.2. The number of halogens is 1. The summed E-state index contributed by atoms with van der Waals surface area (Å²) in [4.78, 5) is 22.0. The Balaban J connectivity index is 2.31. The second-order valence-corrected chi connectivity index (χ2v) is 7.97. The van der Waals surface area contributed by atoms with Crippen LogP contribution in [0.4, 0.5) is 0 Å². The zero-order valence-corrected chi connectivity index (χ0v) is 12.3. The van der Waals surface area contributed by atoms with Gasteiger partial charge in [-0.2, -0.15) is 0 Å². The summed E-state index contributed by atoms with van der Waals surface area (Å²) in [5.41, 5.74) is 5.27. The maximum Gasteiger partial charge on any atom is 0.321 e. The Bertz CT molecular complexity index is 456. The third-order valence-corrected chi connectivity index (χ3v) is 5.91. The number of sulfone groups is 1. The van der Waals surface area contributed by atoms with E-state index >= 15 is 0 Å². The smallest absolute Gasteiger partial charge is 0.321 e. The number of amides is 1. The van der Waals surface area contributed by atoms with Gasteiger partial charge >= 0.3 is 5.97 Å². The van der Waals surface area contributed by atoms with E-state index in [1.165, 1.54) is 0 Å². The number of nitrogens with two attached hydrogens (primary N) is 1. The molecule has 0 spiro atoms. The quantitative estimate of drug-likeness (QED) is 0.514. The van der Waals surface area contributed by atoms with Crippen LogP contribution in [0, 0.1) is 0 Å². The molecule has 19 heavy (non-hydrogen) atoms. The number of rotatable bonds is 6. The molecule has 0 radical (unpaired) electrons. The molecular weight excluding hydrogens is 316 g/mol. The number of carbonyl (C=O) groups excluding carboxylic acids is 1. The molecule has 0 aliphatic carbocycles. The maximum atomic E-state index is 11.5. The van der Waals surface area contributed by atoms with Crippen molar-refractivity contribution in [2.45, 2.75) is 17.5 Å². The summed E-state index contributed by atoms with van der Waals surface area (Å²) in [6.45, 7) is 0. The van der Waals surface area contributed by atoms with E-state index < -0.39 is 33.3 Å². The third kappa shape index (κ3) is 5.55. The Hall–Kier alpha value is -0.510. The van der Waals surface area contributed by atoms with E-state index in [4.69, 9.17) is 22.4 Å². The fraction of sp³-hybridized carbons (Fsp3) is 0.778. The second kappa shape index (κ2) is 6.78. The van der Waals surface area contributed by atoms with Crippen molar-refractivity contribution in [3.63, 3.8) is 0 Å². The molecule has 10 heteroatoms. The van der Waals surface area contributed by atoms with Crippen LogP contribution in [0.5, 0.6) is 0 Å². The van der Waals surface area contributed by atoms with Crippen LogP contribution in [0.25, 0.3) is 0 Å². The highest BCUT2D eigenvalue weighted by Gasteiger charge is 2.37. The number of carboxylic acid groups (broad SMARTS) is 1. The minimum absolute atomic E-state index is 0.0150. The van der Waals surface area contributed by atoms with Crippen molar-refractivity contribution in [3.8, 4) is 0 Å². The summed E-state index contributed by atoms with van der Waals surface area (Å²) >= 11 is 6.91. The Labute approximate surface area is 120 Å². The van der Waals surface area contributed by atoms with Gasteiger partial charge in [0, 0.05) is 5.75 Å². The number of carboxylic acids is 1. The fourth-order valence-electron chi connectivity index (χ4n) is 1.54. The molecule has 7 nitrogen and oxygen atoms in total. The predicted octanol–water partition coefficient (Wildman–Crippen LogP) is -1.35. The Morgan fingerprint density at radius 3 is 2.58 bits per heavy atom. The van der Waals surface area contributed by atoms with Crippen LogP contribution in [-0.4, -0.2) is 65.9 Å². The van der Waals surface area contributed by atoms with Gasteiger partial charge in [0.05, 0.1) is 28.7 Å². The molecule has 0 aromatic rings. The Kier molecular flexibility index (Phi) is 5.90. The van der Waals surface area contributed by atoms with Crippen molar-refractivity contribution in [1.29, 1.82) is 0 Å². The topological polar surface area (TPSA) is 127 Å². The van der Waals surface area contributed by atoms with Crippen LogP contribution >= 0.6 is 23.4 Å². The zero-order chi connectivity index (χ0) is 14.6. The van der Waals surface area contributed by atoms with Gasteiger partial charge in [-0.15, -0.1) is 23.4 Å². The minimum Gasteiger partial charge on any atom is -0.480 e. The molecule has 1 aliphatic rings. The van der Waals surface area contributed by atoms with Crippen LogP contribution in [0.2, 0.25) is 0 Å². The van der Waals surface area contributed by atoms with Crippen molar-refractivity contribution >= 4 is 45.1 Å². The number of carbonyl (C=O) groups is 2. The molecule has 110 valence electrons. The lowest BCUT2D eigenvalue weighted by Gasteiger charge is -2.14. The van der Waals surface area contributed by atoms with E-state index in [0.717, 1.165) is 11.8 Å². The SMILES string of the molecule is NC(CSCC(=O)NC1CS(=O)(=O)CC1Cl)C(=O)O. The minimum atomic E-state index is -3.19. The average molecular weight is 331 g/mol. The van der Waals surface area contributed by atoms with Gasteiger partial charge < -0.3 is 16.2 Å². The lowest BCUT2D eigenvalue weighted by Crippen LogP contribution is -2.42. The molecule has 0 saturated carbocycles. The number of hydrogen-bond acceptors (Lipinski definition) is 6. The highest BCUT2D eigenvalue weighted by Crippen LogP contribution is 2.18. The molecule has 1 aliphatic heterocycles. The second-order valence-electron chi connectivity index (χ2n) is 4.23. The zero-order valence-electron chi connectivity index (χ0n) is 9.91. The molecular formula is C9H15ClN2O5S2. The van der Waals surface area contributed by atoms with Gasteiger partial charge in [-0.05, 0) is 0 Å². The fourth-order valence-corrected chi connectivity index (χ4v) is 4.87. The van der Waals surface area contributed by atoms with Gasteiger partial charge in [0.1, 0.15) is 6.04 Å². The highest BCUT2D eigenvalue weighted by molar-refractivity contribution is 8.00. The van der Waals surface area contributed by atoms with Crippen molar-refractivity contribution in [3.05, 3.63) is 0 Å². The van der Waals surface area contributed by atoms with Gasteiger partial charge in [-0.25, -0.2) is 8.42 Å². The van der Waals surface area contributed by atoms with Gasteiger partial charge in [0.15, 0.2) is 9.84 Å². The molecule has 3 unspecified atom stereocenters. The van der Waals surface area contributed by atoms with Gasteiger partial charge in [0.2, 0.25) is 5.91 Å². The molecule has 0 aromatic heterocycles. The Morgan fingerprint density at radius 1 is 1.47 bits per heavy atom. The first-order valence-corrected chi connectivity index (χ1v) is 8.82. The molecule has 0 bridgehead atoms. The first-order valence-electron chi connectivity index (χ1n) is 5.41. The largest absolute Gasteiger partial charge is 0.480 e. The molecule has 0 aromatic carbocycles. The van der Waals surface area contributed by atoms with E-state index in [-0.39, 0.29) is 28.9 Å². The number of thioether (sulfide) groups is 1. The van der Waals surface area contributed by atoms with Crippen LogP contribution in [0.1, 0.15) is 0 Å². The van der Waals surface area contributed by atoms with Crippen molar-refractivity contribution in [1.82, 2.24) is 5.32 Å². The van der Waals surface area contributed by atoms with Crippen LogP contribution in [0.3, 0.4) is 0 Å². The summed E-state index contributed by atoms with van der Waals surface area (Å²) in [6.07, 6.45) is 0. The summed E-state index contributed by atoms with van der Waals surface area (Å²) in [7, 11) is -3.19. The molecule has 1 rings (SSSR count). The first kappa shape index (κ1) is 16.5. The van der Waals surface area contributed by atoms with Gasteiger partial charge in [0.25, 0.3) is 0 Å². The summed E-state index contributed by atoms with van der Waals surface area (Å²) in [6, 6.07) is -1.61. The van der Waals surface area contributed by atoms with Crippen molar-refractivity contribution in [2.24, 2.45) is 5.73 Å². The van der Waals surface area contributed by atoms with E-state index in [9.17, 15) is 18.0 Å². The summed E-state index contributed by atoms with van der Waals surface area (Å²) in [5.74, 6) is -1.69. The number of aliphatic carboxylic acids is 1. The number of alkyl halides is 1. The van der Waals surface area contributed by atoms with Crippen molar-refractivity contribution < 1.29 is 23.1 Å². The number of hydrogen-bond donors (Lipinski definition) is 3. The van der Waals surface area contributed by atoms with E-state index in [0.29, 0.717) is 0 Å². The maximum absolute atomic E-state index is 11.5. The summed E-state index contributed by atoms with van der Waals surface area (Å²) in [5, 5.41) is 10.4. The van der Waals surface area contributed by atoms with E-state index in [2.05, 4.69) is 5.32 Å². The monoisotopic (exact) mass is 330 g/mol. The van der Waals surface area contributed by atoms with Crippen LogP contribution in [-0.2, 0) is 19.4 Å². The van der Waals surface area contributed by atoms with Crippen molar-refractivity contribution in [2.75, 3.05) is 23.0 Å². The molecule has 1 fully saturated rings. The van der Waals surface area contributed by atoms with Crippen LogP contribution in [0.15, 0.2) is 0 Å². The molecule has 1 amide bonds. The standard InChI is InChI=1S/C9H15ClN2O5S2/c10-5-3-19(16,17)4-7(5)12-8(13)2-18-1-6(11)9(14)15/h5-7H,1-4,11H2,(H,12,13)(H,14,15). The normalized spacial score (nSPS) is 26.8. The Morgan fingerprint density at radius 2 is 2.11 bits per heavy atom. The van der Waals surface area contributed by atoms with Crippen LogP contribution < -0.4 is 11.1 Å². The van der Waals surface area contributed by atoms with Gasteiger partial charge in [-0.3, -0.25) is 9.59 Å². The van der Waals surface area contributed by atoms with E-state index in [1.807, 2.05) is 0 Å². The van der Waals surface area contributed by atoms with Gasteiger partial charge in [-0.1, -0.05) is 0 Å². The first-order chi connectivity index (χ1) is 8.71. The summed E-state index contributed by atoms with van der Waals surface area (Å²) < 4.78 is 22.6. The number of nitrogens with one attached hydrogen (secondary N) is 1. The molecule has 4 N–H and O–H groups in total. The highest BCUT2D eigenvalue weighted by atomic mass is 35.5. The predicted molar refractivity (Wildman–Crippen MR) is 73.2 cm³/mol. The molecule has 3 atom stereocenters. The van der Waals surface area contributed by atoms with E-state index in [1.54, 1.807) is 0 Å². The average Bonchev–Trinajstić information content (AvgIpc) is 2.51. The third-order valence-electron chi connectivity index (χ3n) is 2.48. The molecule has 1 heterocycles.